The van der Waals surface area contributed by atoms with Crippen LogP contribution in [-0.2, 0) is 76.1 Å². The number of methoxy groups -OCH3 is 3. The van der Waals surface area contributed by atoms with Crippen LogP contribution >= 0.6 is 0 Å². The van der Waals surface area contributed by atoms with E-state index in [2.05, 4.69) is 26.3 Å². The van der Waals surface area contributed by atoms with Crippen LogP contribution in [0, 0.1) is 16.2 Å². The van der Waals surface area contributed by atoms with Crippen LogP contribution in [0.15, 0.2) is 60.7 Å². The second-order valence-electron chi connectivity index (χ2n) is 17.2. The Morgan fingerprint density at radius 1 is 0.563 bits per heavy atom. The molecule has 0 aromatic heterocycles. The van der Waals surface area contributed by atoms with Gasteiger partial charge in [0.05, 0.1) is 34.5 Å². The minimum absolute atomic E-state index is 0.00534. The van der Waals surface area contributed by atoms with Crippen LogP contribution in [0.2, 0.25) is 0 Å². The zero-order chi connectivity index (χ0) is 53.3. The number of hydrogen-bond donors (Lipinski definition) is 2. The van der Waals surface area contributed by atoms with Gasteiger partial charge in [0.15, 0.2) is 0 Å². The molecule has 4 atom stereocenters. The minimum atomic E-state index is -1.41. The molecule has 0 aliphatic carbocycles. The first kappa shape index (κ1) is 62.5. The molecule has 0 bridgehead atoms. The van der Waals surface area contributed by atoms with E-state index in [1.165, 1.54) is 54.6 Å². The quantitative estimate of drug-likeness (QED) is 0.0587. The molecule has 21 heteroatoms. The average molecular weight is 1010 g/mol. The molecule has 2 aromatic carbocycles. The maximum atomic E-state index is 12.2. The van der Waals surface area contributed by atoms with Gasteiger partial charge in [-0.25, -0.2) is 14.4 Å². The normalized spacial score (nSPS) is 14.8. The van der Waals surface area contributed by atoms with Crippen molar-refractivity contribution in [2.45, 2.75) is 91.4 Å². The van der Waals surface area contributed by atoms with Gasteiger partial charge in [-0.2, -0.15) is 0 Å². The van der Waals surface area contributed by atoms with Crippen molar-refractivity contribution in [3.05, 3.63) is 71.8 Å². The van der Waals surface area contributed by atoms with Crippen LogP contribution in [-0.4, -0.2) is 146 Å². The molecule has 4 unspecified atom stereocenters. The molecule has 71 heavy (non-hydrogen) atoms. The molecule has 21 nitrogen and oxygen atoms in total. The lowest BCUT2D eigenvalue weighted by Gasteiger charge is -2.28. The second-order valence-corrected chi connectivity index (χ2v) is 17.2. The van der Waals surface area contributed by atoms with Crippen LogP contribution in [0.3, 0.4) is 0 Å². The molecule has 1 heterocycles. The Morgan fingerprint density at radius 3 is 1.39 bits per heavy atom. The van der Waals surface area contributed by atoms with Gasteiger partial charge in [-0.05, 0) is 82.3 Å². The summed E-state index contributed by atoms with van der Waals surface area (Å²) in [5.74, 6) is -2.72. The maximum Gasteiger partial charge on any atom is 0.508 e. The third kappa shape index (κ3) is 24.8. The predicted octanol–water partition coefficient (Wildman–Crippen LogP) is 6.38. The molecule has 1 aliphatic rings. The maximum absolute atomic E-state index is 12.2. The summed E-state index contributed by atoms with van der Waals surface area (Å²) in [5.41, 5.74) is -1.40. The molecule has 2 N–H and O–H groups in total. The molecule has 0 amide bonds. The van der Waals surface area contributed by atoms with Crippen LogP contribution < -0.4 is 0 Å². The molecule has 398 valence electrons. The van der Waals surface area contributed by atoms with Crippen molar-refractivity contribution >= 4 is 48.3 Å². The molecule has 1 fully saturated rings. The molecular formula is C50H72O21. The molecule has 0 spiro atoms. The second kappa shape index (κ2) is 33.9. The van der Waals surface area contributed by atoms with E-state index in [4.69, 9.17) is 48.1 Å². The number of rotatable bonds is 26. The van der Waals surface area contributed by atoms with Crippen molar-refractivity contribution in [3.8, 4) is 0 Å². The molecule has 2 aromatic rings. The van der Waals surface area contributed by atoms with E-state index in [1.54, 1.807) is 6.92 Å². The van der Waals surface area contributed by atoms with Gasteiger partial charge < -0.3 is 62.3 Å². The van der Waals surface area contributed by atoms with E-state index < -0.39 is 77.8 Å². The van der Waals surface area contributed by atoms with Gasteiger partial charge in [0.1, 0.15) is 55.9 Å². The SMILES string of the molecule is COC(=O)C(C)(COC(C)=O)COC(=O)OCCCC(CCOC(=O)OCC(C)(COC(C)=O)C(=O)OC)c1ccccc1.COC(=O)C1(C)COC(=O)OC1.OCCCCC(CCO)c1ccccc1. The van der Waals surface area contributed by atoms with E-state index in [0.717, 1.165) is 31.2 Å². The summed E-state index contributed by atoms with van der Waals surface area (Å²) in [6.45, 7) is 5.85. The summed E-state index contributed by atoms with van der Waals surface area (Å²) < 4.78 is 53.4. The van der Waals surface area contributed by atoms with Gasteiger partial charge in [-0.1, -0.05) is 67.1 Å². The Bertz CT molecular complexity index is 1910. The van der Waals surface area contributed by atoms with Crippen molar-refractivity contribution in [3.63, 3.8) is 0 Å². The monoisotopic (exact) mass is 1010 g/mol. The summed E-state index contributed by atoms with van der Waals surface area (Å²) in [4.78, 5) is 92.5. The summed E-state index contributed by atoms with van der Waals surface area (Å²) in [7, 11) is 3.61. The lowest BCUT2D eigenvalue weighted by Crippen LogP contribution is -2.43. The van der Waals surface area contributed by atoms with Crippen molar-refractivity contribution in [2.24, 2.45) is 16.2 Å². The highest BCUT2D eigenvalue weighted by Gasteiger charge is 2.42. The third-order valence-electron chi connectivity index (χ3n) is 10.8. The fourth-order valence-electron chi connectivity index (χ4n) is 6.57. The van der Waals surface area contributed by atoms with Crippen LogP contribution in [0.4, 0.5) is 14.4 Å². The number of aliphatic hydroxyl groups is 2. The van der Waals surface area contributed by atoms with Gasteiger partial charge in [0.25, 0.3) is 0 Å². The number of carbonyl (C=O) groups excluding carboxylic acids is 8. The van der Waals surface area contributed by atoms with Crippen molar-refractivity contribution in [1.29, 1.82) is 0 Å². The fourth-order valence-corrected chi connectivity index (χ4v) is 6.57. The number of benzene rings is 2. The van der Waals surface area contributed by atoms with Crippen molar-refractivity contribution in [1.82, 2.24) is 0 Å². The summed E-state index contributed by atoms with van der Waals surface area (Å²) in [6, 6.07) is 19.7. The van der Waals surface area contributed by atoms with E-state index in [1.807, 2.05) is 48.5 Å². The lowest BCUT2D eigenvalue weighted by atomic mass is 9.91. The standard InChI is InChI=1S/C30H42O14.C13H20O2.C7H10O5/c1-21(31)41-17-29(3,25(33)37-5)19-43-27(35)39-15-10-13-24(23-11-8-7-9-12-23)14-16-40-28(36)44-20-30(4,26(34)38-6)18-42-22(2)32;14-10-5-4-8-13(9-11-15)12-6-2-1-3-7-12;1-7(5(8)10-2)3-11-6(9)12-4-7/h7-9,11-12,24H,10,13-20H2,1-6H3;1-3,6-7,13-15H,4-5,8-11H2;3-4H2,1-2H3. The minimum Gasteiger partial charge on any atom is -0.468 e. The van der Waals surface area contributed by atoms with Crippen molar-refractivity contribution in [2.75, 3.05) is 87.4 Å². The van der Waals surface area contributed by atoms with Crippen LogP contribution in [0.5, 0.6) is 0 Å². The third-order valence-corrected chi connectivity index (χ3v) is 10.8. The zero-order valence-electron chi connectivity index (χ0n) is 42.1. The van der Waals surface area contributed by atoms with Gasteiger partial charge in [0, 0.05) is 27.1 Å². The van der Waals surface area contributed by atoms with Crippen LogP contribution in [0.1, 0.15) is 103 Å². The lowest BCUT2D eigenvalue weighted by molar-refractivity contribution is -0.164. The number of unbranched alkanes of at least 4 members (excludes halogenated alkanes) is 1. The first-order chi connectivity index (χ1) is 33.7. The van der Waals surface area contributed by atoms with E-state index in [0.29, 0.717) is 25.2 Å². The number of hydrogen-bond acceptors (Lipinski definition) is 21. The van der Waals surface area contributed by atoms with Crippen LogP contribution in [0.25, 0.3) is 0 Å². The van der Waals surface area contributed by atoms with E-state index in [-0.39, 0.29) is 58.8 Å². The summed E-state index contributed by atoms with van der Waals surface area (Å²) >= 11 is 0. The molecule has 3 rings (SSSR count). The predicted molar refractivity (Wildman–Crippen MR) is 250 cm³/mol. The van der Waals surface area contributed by atoms with Gasteiger partial charge in [-0.15, -0.1) is 0 Å². The first-order valence-corrected chi connectivity index (χ1v) is 22.9. The van der Waals surface area contributed by atoms with Gasteiger partial charge in [0.2, 0.25) is 0 Å². The number of ether oxygens (including phenoxy) is 11. The average Bonchev–Trinajstić information content (AvgIpc) is 3.37. The molecular weight excluding hydrogens is 937 g/mol. The van der Waals surface area contributed by atoms with Crippen molar-refractivity contribution < 1.29 is 101 Å². The van der Waals surface area contributed by atoms with E-state index in [9.17, 15) is 38.4 Å². The zero-order valence-corrected chi connectivity index (χ0v) is 42.1. The van der Waals surface area contributed by atoms with Gasteiger partial charge >= 0.3 is 48.3 Å². The topological polar surface area (TPSA) is 279 Å². The Hall–Kier alpha value is -6.48. The molecule has 0 radical (unpaired) electrons. The van der Waals surface area contributed by atoms with Gasteiger partial charge in [-0.3, -0.25) is 24.0 Å². The highest BCUT2D eigenvalue weighted by molar-refractivity contribution is 5.79. The molecule has 1 aliphatic heterocycles. The smallest absolute Gasteiger partial charge is 0.468 e. The number of cyclic esters (lactones) is 2. The summed E-state index contributed by atoms with van der Waals surface area (Å²) in [5, 5.41) is 17.7. The number of aliphatic hydroxyl groups excluding tert-OH is 2. The Morgan fingerprint density at radius 2 is 0.986 bits per heavy atom. The van der Waals surface area contributed by atoms with E-state index >= 15 is 0 Å². The molecule has 1 saturated heterocycles. The Kier molecular flexibility index (Phi) is 29.9. The first-order valence-electron chi connectivity index (χ1n) is 22.9. The molecule has 0 saturated carbocycles. The Labute approximate surface area is 414 Å². The summed E-state index contributed by atoms with van der Waals surface area (Å²) in [6.07, 6.45) is 2.41. The number of esters is 5. The Balaban J connectivity index is 0.000000746. The highest BCUT2D eigenvalue weighted by Crippen LogP contribution is 2.28. The fraction of sp³-hybridized carbons (Fsp3) is 0.600. The number of carbonyl (C=O) groups is 8. The largest absolute Gasteiger partial charge is 0.508 e. The highest BCUT2D eigenvalue weighted by atomic mass is 16.7.